The SMILES string of the molecule is Cc1cccc(C(=O)N/N=C(\CC(C)C)c2ccccc2)c1. The minimum atomic E-state index is -0.180. The molecule has 0 unspecified atom stereocenters. The molecule has 0 aliphatic carbocycles. The summed E-state index contributed by atoms with van der Waals surface area (Å²) in [5.74, 6) is 0.288. The molecule has 2 aromatic carbocycles. The number of benzene rings is 2. The van der Waals surface area contributed by atoms with Gasteiger partial charge >= 0.3 is 0 Å². The maximum atomic E-state index is 12.2. The number of nitrogens with one attached hydrogen (secondary N) is 1. The van der Waals surface area contributed by atoms with E-state index in [1.54, 1.807) is 6.07 Å². The normalized spacial score (nSPS) is 11.5. The number of rotatable bonds is 5. The van der Waals surface area contributed by atoms with Crippen LogP contribution in [0.5, 0.6) is 0 Å². The molecule has 3 nitrogen and oxygen atoms in total. The van der Waals surface area contributed by atoms with Crippen molar-refractivity contribution >= 4 is 11.6 Å². The quantitative estimate of drug-likeness (QED) is 0.652. The van der Waals surface area contributed by atoms with Crippen LogP contribution in [0, 0.1) is 12.8 Å². The van der Waals surface area contributed by atoms with Crippen LogP contribution in [-0.2, 0) is 0 Å². The van der Waals surface area contributed by atoms with Crippen molar-refractivity contribution in [3.63, 3.8) is 0 Å². The van der Waals surface area contributed by atoms with E-state index >= 15 is 0 Å². The maximum absolute atomic E-state index is 12.2. The lowest BCUT2D eigenvalue weighted by atomic mass is 10.0. The van der Waals surface area contributed by atoms with Crippen molar-refractivity contribution in [3.8, 4) is 0 Å². The summed E-state index contributed by atoms with van der Waals surface area (Å²) < 4.78 is 0. The molecule has 0 aromatic heterocycles. The summed E-state index contributed by atoms with van der Waals surface area (Å²) in [6.07, 6.45) is 0.818. The second kappa shape index (κ2) is 7.55. The Morgan fingerprint density at radius 3 is 2.36 bits per heavy atom. The van der Waals surface area contributed by atoms with E-state index in [2.05, 4.69) is 24.4 Å². The molecule has 0 aliphatic rings. The molecule has 0 saturated heterocycles. The standard InChI is InChI=1S/C19H22N2O/c1-14(2)12-18(16-9-5-4-6-10-16)20-21-19(22)17-11-7-8-15(3)13-17/h4-11,13-14H,12H2,1-3H3,(H,21,22)/b20-18+. The molecule has 3 heteroatoms. The number of aryl methyl sites for hydroxylation is 1. The smallest absolute Gasteiger partial charge is 0.267 e. The fourth-order valence-electron chi connectivity index (χ4n) is 2.21. The highest BCUT2D eigenvalue weighted by atomic mass is 16.2. The van der Waals surface area contributed by atoms with Gasteiger partial charge in [0.2, 0.25) is 0 Å². The van der Waals surface area contributed by atoms with Crippen molar-refractivity contribution in [2.24, 2.45) is 11.0 Å². The number of hydrazone groups is 1. The summed E-state index contributed by atoms with van der Waals surface area (Å²) in [6, 6.07) is 17.5. The van der Waals surface area contributed by atoms with Gasteiger partial charge in [-0.25, -0.2) is 5.43 Å². The molecule has 0 fully saturated rings. The maximum Gasteiger partial charge on any atom is 0.271 e. The molecule has 0 heterocycles. The second-order valence-corrected chi connectivity index (χ2v) is 5.83. The van der Waals surface area contributed by atoms with E-state index in [0.29, 0.717) is 11.5 Å². The highest BCUT2D eigenvalue weighted by Gasteiger charge is 2.09. The van der Waals surface area contributed by atoms with Gasteiger partial charge < -0.3 is 0 Å². The average molecular weight is 294 g/mol. The van der Waals surface area contributed by atoms with Crippen LogP contribution < -0.4 is 5.43 Å². The van der Waals surface area contributed by atoms with Crippen LogP contribution in [0.3, 0.4) is 0 Å². The van der Waals surface area contributed by atoms with Crippen molar-refractivity contribution in [2.45, 2.75) is 27.2 Å². The van der Waals surface area contributed by atoms with E-state index < -0.39 is 0 Å². The number of hydrogen-bond donors (Lipinski definition) is 1. The first-order valence-electron chi connectivity index (χ1n) is 7.55. The molecule has 2 rings (SSSR count). The van der Waals surface area contributed by atoms with Crippen molar-refractivity contribution < 1.29 is 4.79 Å². The first-order valence-corrected chi connectivity index (χ1v) is 7.55. The number of carbonyl (C=O) groups excluding carboxylic acids is 1. The molecular weight excluding hydrogens is 272 g/mol. The molecule has 1 amide bonds. The van der Waals surface area contributed by atoms with Gasteiger partial charge in [-0.05, 0) is 37.0 Å². The lowest BCUT2D eigenvalue weighted by Crippen LogP contribution is -2.21. The zero-order valence-electron chi connectivity index (χ0n) is 13.3. The van der Waals surface area contributed by atoms with Crippen LogP contribution in [0.25, 0.3) is 0 Å². The molecule has 0 spiro atoms. The van der Waals surface area contributed by atoms with E-state index in [-0.39, 0.29) is 5.91 Å². The lowest BCUT2D eigenvalue weighted by Gasteiger charge is -2.10. The molecule has 0 radical (unpaired) electrons. The molecule has 2 aromatic rings. The lowest BCUT2D eigenvalue weighted by molar-refractivity contribution is 0.0954. The van der Waals surface area contributed by atoms with Crippen LogP contribution >= 0.6 is 0 Å². The predicted octanol–water partition coefficient (Wildman–Crippen LogP) is 4.18. The Balaban J connectivity index is 2.18. The Morgan fingerprint density at radius 1 is 1.05 bits per heavy atom. The Hall–Kier alpha value is -2.42. The zero-order valence-corrected chi connectivity index (χ0v) is 13.3. The number of hydrogen-bond acceptors (Lipinski definition) is 2. The fraction of sp³-hybridized carbons (Fsp3) is 0.263. The summed E-state index contributed by atoms with van der Waals surface area (Å²) in [5, 5.41) is 4.36. The van der Waals surface area contributed by atoms with Crippen molar-refractivity contribution in [1.82, 2.24) is 5.43 Å². The van der Waals surface area contributed by atoms with Crippen molar-refractivity contribution in [2.75, 3.05) is 0 Å². The summed E-state index contributed by atoms with van der Waals surface area (Å²) in [6.45, 7) is 6.25. The molecule has 22 heavy (non-hydrogen) atoms. The van der Waals surface area contributed by atoms with Crippen molar-refractivity contribution in [1.29, 1.82) is 0 Å². The van der Waals surface area contributed by atoms with E-state index in [4.69, 9.17) is 0 Å². The van der Waals surface area contributed by atoms with Gasteiger partial charge in [0.05, 0.1) is 5.71 Å². The molecular formula is C19H22N2O. The van der Waals surface area contributed by atoms with E-state index in [1.807, 2.05) is 55.5 Å². The average Bonchev–Trinajstić information content (AvgIpc) is 2.51. The van der Waals surface area contributed by atoms with Crippen molar-refractivity contribution in [3.05, 3.63) is 71.3 Å². The van der Waals surface area contributed by atoms with Crippen LogP contribution in [0.4, 0.5) is 0 Å². The first-order chi connectivity index (χ1) is 10.6. The minimum absolute atomic E-state index is 0.180. The molecule has 1 N–H and O–H groups in total. The van der Waals surface area contributed by atoms with E-state index in [9.17, 15) is 4.79 Å². The van der Waals surface area contributed by atoms with Gasteiger partial charge in [0, 0.05) is 5.56 Å². The molecule has 0 saturated carbocycles. The Bertz CT molecular complexity index is 660. The van der Waals surface area contributed by atoms with E-state index in [1.165, 1.54) is 0 Å². The zero-order chi connectivity index (χ0) is 15.9. The summed E-state index contributed by atoms with van der Waals surface area (Å²) >= 11 is 0. The first kappa shape index (κ1) is 16.0. The highest BCUT2D eigenvalue weighted by molar-refractivity contribution is 6.02. The summed E-state index contributed by atoms with van der Waals surface area (Å²) in [4.78, 5) is 12.2. The third kappa shape index (κ3) is 4.55. The monoisotopic (exact) mass is 294 g/mol. The molecule has 0 atom stereocenters. The number of carbonyl (C=O) groups is 1. The van der Waals surface area contributed by atoms with Gasteiger partial charge in [-0.2, -0.15) is 5.10 Å². The number of amides is 1. The number of nitrogens with zero attached hydrogens (tertiary/aromatic N) is 1. The topological polar surface area (TPSA) is 41.5 Å². The van der Waals surface area contributed by atoms with Gasteiger partial charge in [-0.15, -0.1) is 0 Å². The second-order valence-electron chi connectivity index (χ2n) is 5.83. The van der Waals surface area contributed by atoms with Crippen LogP contribution in [-0.4, -0.2) is 11.6 Å². The van der Waals surface area contributed by atoms with Gasteiger partial charge in [-0.1, -0.05) is 61.9 Å². The third-order valence-corrected chi connectivity index (χ3v) is 3.28. The fourth-order valence-corrected chi connectivity index (χ4v) is 2.21. The Morgan fingerprint density at radius 2 is 1.73 bits per heavy atom. The van der Waals surface area contributed by atoms with Crippen LogP contribution in [0.15, 0.2) is 59.7 Å². The van der Waals surface area contributed by atoms with Gasteiger partial charge in [0.15, 0.2) is 0 Å². The molecule has 114 valence electrons. The molecule has 0 aliphatic heterocycles. The van der Waals surface area contributed by atoms with Gasteiger partial charge in [0.25, 0.3) is 5.91 Å². The van der Waals surface area contributed by atoms with Gasteiger partial charge in [-0.3, -0.25) is 4.79 Å². The largest absolute Gasteiger partial charge is 0.271 e. The summed E-state index contributed by atoms with van der Waals surface area (Å²) in [5.41, 5.74) is 6.30. The Kier molecular flexibility index (Phi) is 5.48. The van der Waals surface area contributed by atoms with E-state index in [0.717, 1.165) is 23.3 Å². The predicted molar refractivity (Wildman–Crippen MR) is 91.1 cm³/mol. The summed E-state index contributed by atoms with van der Waals surface area (Å²) in [7, 11) is 0. The Labute approximate surface area is 132 Å². The van der Waals surface area contributed by atoms with Crippen LogP contribution in [0.2, 0.25) is 0 Å². The molecule has 0 bridgehead atoms. The minimum Gasteiger partial charge on any atom is -0.267 e. The third-order valence-electron chi connectivity index (χ3n) is 3.28. The van der Waals surface area contributed by atoms with Crippen LogP contribution in [0.1, 0.15) is 41.8 Å². The van der Waals surface area contributed by atoms with Gasteiger partial charge in [0.1, 0.15) is 0 Å². The highest BCUT2D eigenvalue weighted by Crippen LogP contribution is 2.10.